The molecule has 1 N–H and O–H groups in total. The highest BCUT2D eigenvalue weighted by Gasteiger charge is 2.11. The van der Waals surface area contributed by atoms with E-state index in [4.69, 9.17) is 4.52 Å². The molecule has 6 nitrogen and oxygen atoms in total. The maximum atomic E-state index is 4.95. The quantitative estimate of drug-likeness (QED) is 0.729. The molecule has 0 saturated carbocycles. The average molecular weight is 291 g/mol. The molecule has 0 fully saturated rings. The molecule has 0 aliphatic carbocycles. The minimum Gasteiger partial charge on any atom is -0.340 e. The number of thiazole rings is 1. The normalized spacial score (nSPS) is 11.6. The van der Waals surface area contributed by atoms with E-state index in [1.54, 1.807) is 18.3 Å². The lowest BCUT2D eigenvalue weighted by molar-refractivity contribution is 0.387. The molecule has 3 aromatic heterocycles. The molecule has 0 aromatic carbocycles. The second kappa shape index (κ2) is 5.34. The second-order valence-electron chi connectivity index (χ2n) is 4.80. The highest BCUT2D eigenvalue weighted by atomic mass is 32.1. The molecular weight excluding hydrogens is 274 g/mol. The van der Waals surface area contributed by atoms with Gasteiger partial charge < -0.3 is 9.84 Å². The van der Waals surface area contributed by atoms with Crippen molar-refractivity contribution in [1.82, 2.24) is 24.8 Å². The van der Waals surface area contributed by atoms with Gasteiger partial charge in [0, 0.05) is 37.5 Å². The van der Waals surface area contributed by atoms with Crippen LogP contribution >= 0.6 is 11.3 Å². The Bertz CT molecular complexity index is 726. The molecule has 0 bridgehead atoms. The summed E-state index contributed by atoms with van der Waals surface area (Å²) < 4.78 is 7.16. The fraction of sp³-hybridized carbons (Fsp3) is 0.462. The van der Waals surface area contributed by atoms with Gasteiger partial charge in [-0.05, 0) is 13.8 Å². The average Bonchev–Trinajstić information content (AvgIpc) is 3.05. The Kier molecular flexibility index (Phi) is 3.54. The molecule has 106 valence electrons. The van der Waals surface area contributed by atoms with E-state index in [2.05, 4.69) is 44.1 Å². The summed E-state index contributed by atoms with van der Waals surface area (Å²) in [6, 6.07) is 0. The highest BCUT2D eigenvalue weighted by Crippen LogP contribution is 2.20. The minimum atomic E-state index is 0.613. The molecule has 20 heavy (non-hydrogen) atoms. The predicted octanol–water partition coefficient (Wildman–Crippen LogP) is 2.04. The first kappa shape index (κ1) is 13.3. The Balaban J connectivity index is 1.62. The first-order chi connectivity index (χ1) is 9.65. The summed E-state index contributed by atoms with van der Waals surface area (Å²) in [5, 5.41) is 9.43. The summed E-state index contributed by atoms with van der Waals surface area (Å²) in [5.74, 6) is 1.36. The van der Waals surface area contributed by atoms with Gasteiger partial charge in [0.05, 0.1) is 11.4 Å². The largest absolute Gasteiger partial charge is 0.340 e. The van der Waals surface area contributed by atoms with Crippen molar-refractivity contribution in [3.8, 4) is 0 Å². The molecule has 3 aromatic rings. The lowest BCUT2D eigenvalue weighted by atomic mass is 10.3. The molecule has 3 heterocycles. The summed E-state index contributed by atoms with van der Waals surface area (Å²) in [6.45, 7) is 7.57. The first-order valence-electron chi connectivity index (χ1n) is 6.57. The van der Waals surface area contributed by atoms with Crippen LogP contribution in [0.25, 0.3) is 4.96 Å². The van der Waals surface area contributed by atoms with Crippen molar-refractivity contribution in [2.75, 3.05) is 6.54 Å². The van der Waals surface area contributed by atoms with Crippen LogP contribution in [0.1, 0.15) is 28.8 Å². The Morgan fingerprint density at radius 1 is 1.30 bits per heavy atom. The van der Waals surface area contributed by atoms with E-state index in [9.17, 15) is 0 Å². The van der Waals surface area contributed by atoms with Gasteiger partial charge in [0.2, 0.25) is 5.89 Å². The number of imidazole rings is 1. The fourth-order valence-corrected chi connectivity index (χ4v) is 3.16. The van der Waals surface area contributed by atoms with E-state index in [0.717, 1.165) is 36.0 Å². The number of hydrogen-bond donors (Lipinski definition) is 1. The molecule has 3 rings (SSSR count). The number of aromatic nitrogens is 4. The molecule has 0 saturated heterocycles. The zero-order chi connectivity index (χ0) is 14.1. The van der Waals surface area contributed by atoms with Crippen molar-refractivity contribution in [3.05, 3.63) is 34.2 Å². The minimum absolute atomic E-state index is 0.613. The number of fused-ring (bicyclic) bond motifs is 1. The van der Waals surface area contributed by atoms with Gasteiger partial charge in [-0.15, -0.1) is 11.3 Å². The molecule has 0 amide bonds. The van der Waals surface area contributed by atoms with Crippen LogP contribution in [0, 0.1) is 20.8 Å². The third-order valence-corrected chi connectivity index (χ3v) is 4.16. The molecule has 0 atom stereocenters. The van der Waals surface area contributed by atoms with Crippen LogP contribution in [0.4, 0.5) is 0 Å². The number of nitrogens with one attached hydrogen (secondary N) is 1. The van der Waals surface area contributed by atoms with Gasteiger partial charge in [-0.1, -0.05) is 5.16 Å². The number of hydrogen-bond acceptors (Lipinski definition) is 6. The summed E-state index contributed by atoms with van der Waals surface area (Å²) >= 11 is 1.68. The van der Waals surface area contributed by atoms with Crippen LogP contribution < -0.4 is 5.32 Å². The molecule has 0 radical (unpaired) electrons. The molecular formula is C13H17N5OS. The Morgan fingerprint density at radius 3 is 2.90 bits per heavy atom. The number of aryl methyl sites for hydroxylation is 3. The molecule has 0 aliphatic rings. The standard InChI is InChI=1S/C13H17N5OS/c1-8-7-20-13-15-9(2)11(18(8)13)6-14-5-4-12-16-10(3)19-17-12/h7,14H,4-6H2,1-3H3. The maximum absolute atomic E-state index is 4.95. The summed E-state index contributed by atoms with van der Waals surface area (Å²) in [7, 11) is 0. The van der Waals surface area contributed by atoms with E-state index >= 15 is 0 Å². The zero-order valence-electron chi connectivity index (χ0n) is 11.8. The Morgan fingerprint density at radius 2 is 2.15 bits per heavy atom. The van der Waals surface area contributed by atoms with Crippen molar-refractivity contribution >= 4 is 16.3 Å². The summed E-state index contributed by atoms with van der Waals surface area (Å²) in [5.41, 5.74) is 3.54. The van der Waals surface area contributed by atoms with E-state index in [0.29, 0.717) is 5.89 Å². The van der Waals surface area contributed by atoms with Crippen LogP contribution in [-0.4, -0.2) is 26.1 Å². The van der Waals surface area contributed by atoms with Gasteiger partial charge in [-0.25, -0.2) is 4.98 Å². The van der Waals surface area contributed by atoms with Gasteiger partial charge in [0.1, 0.15) is 0 Å². The summed E-state index contributed by atoms with van der Waals surface area (Å²) in [6.07, 6.45) is 0.765. The van der Waals surface area contributed by atoms with Gasteiger partial charge in [-0.3, -0.25) is 4.40 Å². The van der Waals surface area contributed by atoms with E-state index in [1.807, 2.05) is 0 Å². The highest BCUT2D eigenvalue weighted by molar-refractivity contribution is 7.15. The lowest BCUT2D eigenvalue weighted by Gasteiger charge is -2.04. The SMILES string of the molecule is Cc1nc(CCNCc2c(C)nc3scc(C)n23)no1. The van der Waals surface area contributed by atoms with Crippen LogP contribution in [0.3, 0.4) is 0 Å². The van der Waals surface area contributed by atoms with Gasteiger partial charge in [0.15, 0.2) is 10.8 Å². The third kappa shape index (κ3) is 2.46. The van der Waals surface area contributed by atoms with Crippen molar-refractivity contribution < 1.29 is 4.52 Å². The lowest BCUT2D eigenvalue weighted by Crippen LogP contribution is -2.19. The van der Waals surface area contributed by atoms with Crippen LogP contribution in [0.15, 0.2) is 9.90 Å². The van der Waals surface area contributed by atoms with E-state index in [1.165, 1.54) is 11.4 Å². The second-order valence-corrected chi connectivity index (χ2v) is 5.63. The monoisotopic (exact) mass is 291 g/mol. The van der Waals surface area contributed by atoms with E-state index < -0.39 is 0 Å². The van der Waals surface area contributed by atoms with Crippen LogP contribution in [0.5, 0.6) is 0 Å². The van der Waals surface area contributed by atoms with Crippen molar-refractivity contribution in [2.45, 2.75) is 33.7 Å². The van der Waals surface area contributed by atoms with Crippen molar-refractivity contribution in [1.29, 1.82) is 0 Å². The molecule has 0 spiro atoms. The van der Waals surface area contributed by atoms with Gasteiger partial charge >= 0.3 is 0 Å². The van der Waals surface area contributed by atoms with E-state index in [-0.39, 0.29) is 0 Å². The molecule has 0 unspecified atom stereocenters. The van der Waals surface area contributed by atoms with Gasteiger partial charge in [0.25, 0.3) is 0 Å². The number of rotatable bonds is 5. The third-order valence-electron chi connectivity index (χ3n) is 3.22. The predicted molar refractivity (Wildman–Crippen MR) is 77.0 cm³/mol. The van der Waals surface area contributed by atoms with Gasteiger partial charge in [-0.2, -0.15) is 4.98 Å². The fourth-order valence-electron chi connectivity index (χ4n) is 2.23. The Hall–Kier alpha value is -1.73. The van der Waals surface area contributed by atoms with Crippen LogP contribution in [0.2, 0.25) is 0 Å². The first-order valence-corrected chi connectivity index (χ1v) is 7.45. The van der Waals surface area contributed by atoms with Crippen molar-refractivity contribution in [2.24, 2.45) is 0 Å². The zero-order valence-corrected chi connectivity index (χ0v) is 12.6. The topological polar surface area (TPSA) is 68.2 Å². The molecule has 7 heteroatoms. The van der Waals surface area contributed by atoms with Crippen LogP contribution in [-0.2, 0) is 13.0 Å². The molecule has 0 aliphatic heterocycles. The summed E-state index contributed by atoms with van der Waals surface area (Å²) in [4.78, 5) is 9.82. The smallest absolute Gasteiger partial charge is 0.223 e. The Labute approximate surface area is 120 Å². The van der Waals surface area contributed by atoms with Crippen molar-refractivity contribution in [3.63, 3.8) is 0 Å². The maximum Gasteiger partial charge on any atom is 0.223 e. The number of nitrogens with zero attached hydrogens (tertiary/aromatic N) is 4.